The number of Topliss-reactive ketones (excluding diaryl/α,β-unsaturated/α-hetero) is 1. The first-order valence-corrected chi connectivity index (χ1v) is 10.1. The van der Waals surface area contributed by atoms with Crippen LogP contribution in [0.5, 0.6) is 5.75 Å². The number of halogens is 2. The monoisotopic (exact) mass is 416 g/mol. The van der Waals surface area contributed by atoms with Gasteiger partial charge < -0.3 is 5.11 Å². The Kier molecular flexibility index (Phi) is 6.48. The molecule has 0 aromatic heterocycles. The predicted octanol–water partition coefficient (Wildman–Crippen LogP) is 7.11. The first-order valence-electron chi connectivity index (χ1n) is 8.43. The van der Waals surface area contributed by atoms with Crippen molar-refractivity contribution in [2.75, 3.05) is 0 Å². The van der Waals surface area contributed by atoms with E-state index in [9.17, 15) is 9.90 Å². The van der Waals surface area contributed by atoms with Crippen molar-refractivity contribution in [2.24, 2.45) is 0 Å². The van der Waals surface area contributed by atoms with Crippen LogP contribution in [0.25, 0.3) is 0 Å². The fourth-order valence-corrected chi connectivity index (χ4v) is 4.10. The number of thioether (sulfide) groups is 1. The quantitative estimate of drug-likeness (QED) is 0.343. The number of carbonyl (C=O) groups is 1. The number of aryl methyl sites for hydroxylation is 1. The molecule has 0 heterocycles. The second kappa shape index (κ2) is 8.83. The number of hydrogen-bond donors (Lipinski definition) is 1. The number of phenols is 1. The maximum Gasteiger partial charge on any atom is 0.164 e. The van der Waals surface area contributed by atoms with Crippen LogP contribution in [-0.2, 0) is 0 Å². The first-order chi connectivity index (χ1) is 12.9. The van der Waals surface area contributed by atoms with Crippen molar-refractivity contribution in [3.63, 3.8) is 0 Å². The van der Waals surface area contributed by atoms with Crippen molar-refractivity contribution < 1.29 is 9.90 Å². The highest BCUT2D eigenvalue weighted by molar-refractivity contribution is 7.99. The third kappa shape index (κ3) is 5.29. The molecule has 5 heteroatoms. The fraction of sp³-hybridized carbons (Fsp3) is 0.136. The van der Waals surface area contributed by atoms with Gasteiger partial charge in [0.25, 0.3) is 0 Å². The van der Waals surface area contributed by atoms with Crippen molar-refractivity contribution in [3.8, 4) is 5.75 Å². The Hall–Kier alpha value is -1.94. The zero-order valence-corrected chi connectivity index (χ0v) is 17.0. The van der Waals surface area contributed by atoms with E-state index in [-0.39, 0.29) is 16.8 Å². The van der Waals surface area contributed by atoms with Gasteiger partial charge in [-0.2, -0.15) is 0 Å². The summed E-state index contributed by atoms with van der Waals surface area (Å²) in [5.74, 6) is 0.218. The van der Waals surface area contributed by atoms with Crippen LogP contribution in [0.2, 0.25) is 10.0 Å². The summed E-state index contributed by atoms with van der Waals surface area (Å²) in [6, 6.07) is 20.1. The normalized spacial score (nSPS) is 12.0. The summed E-state index contributed by atoms with van der Waals surface area (Å²) in [7, 11) is 0. The average molecular weight is 417 g/mol. The average Bonchev–Trinajstić information content (AvgIpc) is 2.65. The van der Waals surface area contributed by atoms with Gasteiger partial charge in [0.15, 0.2) is 5.78 Å². The van der Waals surface area contributed by atoms with Gasteiger partial charge in [-0.3, -0.25) is 4.79 Å². The maximum absolute atomic E-state index is 12.9. The van der Waals surface area contributed by atoms with Gasteiger partial charge in [-0.05, 0) is 72.6 Å². The van der Waals surface area contributed by atoms with Gasteiger partial charge >= 0.3 is 0 Å². The topological polar surface area (TPSA) is 37.3 Å². The predicted molar refractivity (Wildman–Crippen MR) is 113 cm³/mol. The van der Waals surface area contributed by atoms with E-state index >= 15 is 0 Å². The zero-order valence-electron chi connectivity index (χ0n) is 14.7. The molecular formula is C22H18Cl2O2S. The number of phenolic OH excluding ortho intramolecular Hbond substituents is 1. The van der Waals surface area contributed by atoms with E-state index in [0.29, 0.717) is 27.6 Å². The van der Waals surface area contributed by atoms with Crippen LogP contribution in [0, 0.1) is 6.92 Å². The fourth-order valence-electron chi connectivity index (χ4n) is 2.70. The summed E-state index contributed by atoms with van der Waals surface area (Å²) in [5, 5.41) is 11.0. The zero-order chi connectivity index (χ0) is 19.4. The van der Waals surface area contributed by atoms with Crippen LogP contribution in [0.3, 0.4) is 0 Å². The van der Waals surface area contributed by atoms with Crippen molar-refractivity contribution in [1.82, 2.24) is 0 Å². The van der Waals surface area contributed by atoms with E-state index in [1.54, 1.807) is 36.9 Å². The number of carbonyl (C=O) groups excluding carboxylic acids is 1. The third-order valence-corrected chi connectivity index (χ3v) is 5.99. The van der Waals surface area contributed by atoms with E-state index < -0.39 is 0 Å². The molecule has 3 aromatic rings. The summed E-state index contributed by atoms with van der Waals surface area (Å²) in [5.41, 5.74) is 2.32. The van der Waals surface area contributed by atoms with E-state index in [1.807, 2.05) is 48.5 Å². The van der Waals surface area contributed by atoms with E-state index in [0.717, 1.165) is 10.5 Å². The standard InChI is InChI=1S/C22H18Cl2O2S/c1-14-12-16(4-11-20(14)25)21(26)13-22(15-2-5-17(23)6-3-15)27-19-9-7-18(24)8-10-19/h2-12,22,25H,13H2,1H3. The largest absolute Gasteiger partial charge is 0.508 e. The second-order valence-electron chi connectivity index (χ2n) is 6.24. The van der Waals surface area contributed by atoms with Gasteiger partial charge in [-0.15, -0.1) is 11.8 Å². The van der Waals surface area contributed by atoms with Crippen molar-refractivity contribution >= 4 is 40.7 Å². The van der Waals surface area contributed by atoms with E-state index in [4.69, 9.17) is 23.2 Å². The number of aromatic hydroxyl groups is 1. The molecule has 0 amide bonds. The van der Waals surface area contributed by atoms with Gasteiger partial charge in [0.1, 0.15) is 5.75 Å². The van der Waals surface area contributed by atoms with Gasteiger partial charge in [0.2, 0.25) is 0 Å². The Morgan fingerprint density at radius 3 is 2.15 bits per heavy atom. The molecule has 27 heavy (non-hydrogen) atoms. The lowest BCUT2D eigenvalue weighted by molar-refractivity contribution is 0.0982. The third-order valence-electron chi connectivity index (χ3n) is 4.22. The summed E-state index contributed by atoms with van der Waals surface area (Å²) in [6.45, 7) is 1.78. The highest BCUT2D eigenvalue weighted by atomic mass is 35.5. The molecule has 3 rings (SSSR count). The summed E-state index contributed by atoms with van der Waals surface area (Å²) in [4.78, 5) is 13.9. The van der Waals surface area contributed by atoms with E-state index in [1.165, 1.54) is 0 Å². The molecule has 0 aliphatic heterocycles. The van der Waals surface area contributed by atoms with E-state index in [2.05, 4.69) is 0 Å². The second-order valence-corrected chi connectivity index (χ2v) is 8.39. The molecule has 0 saturated heterocycles. The smallest absolute Gasteiger partial charge is 0.164 e. The van der Waals surface area contributed by atoms with Crippen LogP contribution in [0.1, 0.15) is 33.2 Å². The Bertz CT molecular complexity index is 938. The Morgan fingerprint density at radius 1 is 0.963 bits per heavy atom. The number of benzene rings is 3. The molecule has 3 aromatic carbocycles. The van der Waals surface area contributed by atoms with Gasteiger partial charge in [-0.25, -0.2) is 0 Å². The number of ketones is 1. The molecule has 0 aliphatic carbocycles. The lowest BCUT2D eigenvalue weighted by Gasteiger charge is -2.17. The molecule has 0 spiro atoms. The Balaban J connectivity index is 1.86. The molecule has 1 unspecified atom stereocenters. The summed E-state index contributed by atoms with van der Waals surface area (Å²) in [6.07, 6.45) is 0.332. The Labute approximate surface area is 173 Å². The van der Waals surface area contributed by atoms with Crippen LogP contribution in [-0.4, -0.2) is 10.9 Å². The van der Waals surface area contributed by atoms with Crippen molar-refractivity contribution in [1.29, 1.82) is 0 Å². The van der Waals surface area contributed by atoms with Crippen LogP contribution in [0.4, 0.5) is 0 Å². The highest BCUT2D eigenvalue weighted by Gasteiger charge is 2.19. The lowest BCUT2D eigenvalue weighted by Crippen LogP contribution is -2.06. The molecule has 0 fully saturated rings. The molecule has 138 valence electrons. The maximum atomic E-state index is 12.9. The van der Waals surface area contributed by atoms with Crippen molar-refractivity contribution in [3.05, 3.63) is 93.5 Å². The summed E-state index contributed by atoms with van der Waals surface area (Å²) < 4.78 is 0. The molecule has 1 N–H and O–H groups in total. The summed E-state index contributed by atoms with van der Waals surface area (Å²) >= 11 is 13.6. The minimum atomic E-state index is -0.0648. The molecule has 0 saturated carbocycles. The highest BCUT2D eigenvalue weighted by Crippen LogP contribution is 2.39. The molecule has 0 radical (unpaired) electrons. The Morgan fingerprint density at radius 2 is 1.56 bits per heavy atom. The van der Waals surface area contributed by atoms with Crippen LogP contribution < -0.4 is 0 Å². The minimum Gasteiger partial charge on any atom is -0.508 e. The molecule has 0 bridgehead atoms. The van der Waals surface area contributed by atoms with Crippen LogP contribution >= 0.6 is 35.0 Å². The minimum absolute atomic E-state index is 0.0273. The number of rotatable bonds is 6. The van der Waals surface area contributed by atoms with Gasteiger partial charge in [0, 0.05) is 32.2 Å². The lowest BCUT2D eigenvalue weighted by atomic mass is 10.0. The van der Waals surface area contributed by atoms with Gasteiger partial charge in [0.05, 0.1) is 0 Å². The van der Waals surface area contributed by atoms with Crippen LogP contribution in [0.15, 0.2) is 71.6 Å². The molecular weight excluding hydrogens is 399 g/mol. The molecule has 2 nitrogen and oxygen atoms in total. The van der Waals surface area contributed by atoms with Gasteiger partial charge in [-0.1, -0.05) is 35.3 Å². The van der Waals surface area contributed by atoms with Crippen molar-refractivity contribution in [2.45, 2.75) is 23.5 Å². The molecule has 0 aliphatic rings. The SMILES string of the molecule is Cc1cc(C(=O)CC(Sc2ccc(Cl)cc2)c2ccc(Cl)cc2)ccc1O. The number of hydrogen-bond acceptors (Lipinski definition) is 3. The first kappa shape index (κ1) is 19.8. The molecule has 1 atom stereocenters.